The second kappa shape index (κ2) is 3.83. The molecule has 0 amide bonds. The van der Waals surface area contributed by atoms with Gasteiger partial charge in [0.1, 0.15) is 11.9 Å². The van der Waals surface area contributed by atoms with E-state index in [1.165, 1.54) is 0 Å². The van der Waals surface area contributed by atoms with Crippen LogP contribution in [0.15, 0.2) is 12.2 Å². The van der Waals surface area contributed by atoms with Crippen molar-refractivity contribution in [2.24, 2.45) is 11.8 Å². The first-order valence-electron chi connectivity index (χ1n) is 4.44. The number of carbonyl (C=O) groups excluding carboxylic acids is 2. The zero-order valence-corrected chi connectivity index (χ0v) is 7.86. The second-order valence-corrected chi connectivity index (χ2v) is 3.71. The second-order valence-electron chi connectivity index (χ2n) is 3.71. The van der Waals surface area contributed by atoms with Gasteiger partial charge in [-0.2, -0.15) is 0 Å². The highest BCUT2D eigenvalue weighted by atomic mass is 16.3. The molecule has 1 fully saturated rings. The Morgan fingerprint density at radius 1 is 1.38 bits per heavy atom. The van der Waals surface area contributed by atoms with Gasteiger partial charge in [-0.3, -0.25) is 9.59 Å². The van der Waals surface area contributed by atoms with E-state index in [0.29, 0.717) is 5.92 Å². The minimum absolute atomic E-state index is 0.117. The van der Waals surface area contributed by atoms with Gasteiger partial charge in [-0.25, -0.2) is 0 Å². The highest BCUT2D eigenvalue weighted by Gasteiger charge is 2.38. The molecule has 0 aliphatic heterocycles. The van der Waals surface area contributed by atoms with Crippen LogP contribution in [0.25, 0.3) is 0 Å². The molecule has 0 saturated heterocycles. The van der Waals surface area contributed by atoms with Crippen molar-refractivity contribution in [2.45, 2.75) is 26.4 Å². The van der Waals surface area contributed by atoms with Gasteiger partial charge in [-0.05, 0) is 5.92 Å². The molecule has 2 unspecified atom stereocenters. The van der Waals surface area contributed by atoms with Gasteiger partial charge in [0.2, 0.25) is 0 Å². The normalized spacial score (nSPS) is 29.5. The summed E-state index contributed by atoms with van der Waals surface area (Å²) >= 11 is 0. The van der Waals surface area contributed by atoms with Crippen LogP contribution in [-0.2, 0) is 9.59 Å². The first-order chi connectivity index (χ1) is 6.02. The summed E-state index contributed by atoms with van der Waals surface area (Å²) in [5, 5.41) is 9.32. The first kappa shape index (κ1) is 10.1. The van der Waals surface area contributed by atoms with Crippen LogP contribution >= 0.6 is 0 Å². The lowest BCUT2D eigenvalue weighted by Crippen LogP contribution is -2.21. The van der Waals surface area contributed by atoms with Crippen LogP contribution in [0.3, 0.4) is 0 Å². The van der Waals surface area contributed by atoms with E-state index in [2.05, 4.69) is 0 Å². The summed E-state index contributed by atoms with van der Waals surface area (Å²) in [4.78, 5) is 22.1. The zero-order valence-electron chi connectivity index (χ0n) is 7.86. The number of aliphatic hydroxyl groups excluding tert-OH is 1. The Morgan fingerprint density at radius 2 is 2.00 bits per heavy atom. The molecule has 1 aliphatic rings. The molecule has 0 aromatic rings. The van der Waals surface area contributed by atoms with Gasteiger partial charge < -0.3 is 5.11 Å². The van der Waals surface area contributed by atoms with Crippen molar-refractivity contribution in [3.63, 3.8) is 0 Å². The number of allylic oxidation sites excluding steroid dienone is 1. The van der Waals surface area contributed by atoms with Crippen molar-refractivity contribution in [2.75, 3.05) is 0 Å². The van der Waals surface area contributed by atoms with E-state index in [1.807, 2.05) is 19.9 Å². The monoisotopic (exact) mass is 182 g/mol. The minimum Gasteiger partial charge on any atom is -0.384 e. The van der Waals surface area contributed by atoms with Crippen molar-refractivity contribution in [3.8, 4) is 0 Å². The highest BCUT2D eigenvalue weighted by Crippen LogP contribution is 2.20. The minimum atomic E-state index is -1.11. The van der Waals surface area contributed by atoms with Crippen molar-refractivity contribution >= 4 is 11.6 Å². The third-order valence-electron chi connectivity index (χ3n) is 2.09. The Balaban J connectivity index is 2.69. The lowest BCUT2D eigenvalue weighted by Gasteiger charge is -2.06. The maximum Gasteiger partial charge on any atom is 0.169 e. The Bertz CT molecular complexity index is 253. The van der Waals surface area contributed by atoms with Gasteiger partial charge in [0, 0.05) is 0 Å². The summed E-state index contributed by atoms with van der Waals surface area (Å²) < 4.78 is 0. The zero-order chi connectivity index (χ0) is 10.0. The van der Waals surface area contributed by atoms with Crippen LogP contribution in [0.2, 0.25) is 0 Å². The summed E-state index contributed by atoms with van der Waals surface area (Å²) in [6.07, 6.45) is 2.25. The van der Waals surface area contributed by atoms with Gasteiger partial charge >= 0.3 is 0 Å². The SMILES string of the molecule is CC(C)/C=C/C1C(=O)CC(=O)C1O. The van der Waals surface area contributed by atoms with Gasteiger partial charge in [0.05, 0.1) is 12.3 Å². The fourth-order valence-corrected chi connectivity index (χ4v) is 1.32. The maximum atomic E-state index is 11.2. The number of Topliss-reactive ketones (excluding diaryl/α,β-unsaturated/α-hetero) is 2. The third-order valence-corrected chi connectivity index (χ3v) is 2.09. The van der Waals surface area contributed by atoms with Gasteiger partial charge in [-0.1, -0.05) is 26.0 Å². The van der Waals surface area contributed by atoms with Crippen LogP contribution in [0.5, 0.6) is 0 Å². The quantitative estimate of drug-likeness (QED) is 0.505. The number of carbonyl (C=O) groups is 2. The molecule has 0 aromatic heterocycles. The van der Waals surface area contributed by atoms with E-state index in [0.717, 1.165) is 0 Å². The molecule has 1 aliphatic carbocycles. The average molecular weight is 182 g/mol. The summed E-state index contributed by atoms with van der Waals surface area (Å²) in [7, 11) is 0. The Kier molecular flexibility index (Phi) is 2.98. The molecule has 1 rings (SSSR count). The lowest BCUT2D eigenvalue weighted by molar-refractivity contribution is -0.125. The van der Waals surface area contributed by atoms with Crippen LogP contribution in [0.1, 0.15) is 20.3 Å². The van der Waals surface area contributed by atoms with Gasteiger partial charge in [-0.15, -0.1) is 0 Å². The molecule has 0 radical (unpaired) electrons. The van der Waals surface area contributed by atoms with E-state index in [9.17, 15) is 14.7 Å². The van der Waals surface area contributed by atoms with Crippen molar-refractivity contribution in [1.29, 1.82) is 0 Å². The topological polar surface area (TPSA) is 54.4 Å². The van der Waals surface area contributed by atoms with Gasteiger partial charge in [0.25, 0.3) is 0 Å². The van der Waals surface area contributed by atoms with Crippen LogP contribution in [0.4, 0.5) is 0 Å². The number of rotatable bonds is 2. The predicted molar refractivity (Wildman–Crippen MR) is 48.1 cm³/mol. The van der Waals surface area contributed by atoms with Crippen LogP contribution in [-0.4, -0.2) is 22.8 Å². The van der Waals surface area contributed by atoms with Crippen molar-refractivity contribution in [3.05, 3.63) is 12.2 Å². The number of ketones is 2. The fraction of sp³-hybridized carbons (Fsp3) is 0.600. The van der Waals surface area contributed by atoms with E-state index < -0.39 is 12.0 Å². The molecule has 0 aromatic carbocycles. The first-order valence-corrected chi connectivity index (χ1v) is 4.44. The lowest BCUT2D eigenvalue weighted by atomic mass is 10.0. The summed E-state index contributed by atoms with van der Waals surface area (Å²) in [6, 6.07) is 0. The van der Waals surface area contributed by atoms with Crippen LogP contribution < -0.4 is 0 Å². The fourth-order valence-electron chi connectivity index (χ4n) is 1.32. The highest BCUT2D eigenvalue weighted by molar-refractivity contribution is 6.10. The van der Waals surface area contributed by atoms with Crippen molar-refractivity contribution < 1.29 is 14.7 Å². The third kappa shape index (κ3) is 2.25. The van der Waals surface area contributed by atoms with Gasteiger partial charge in [0.15, 0.2) is 5.78 Å². The molecule has 3 heteroatoms. The molecule has 1 saturated carbocycles. The molecule has 0 heterocycles. The van der Waals surface area contributed by atoms with Crippen molar-refractivity contribution in [1.82, 2.24) is 0 Å². The number of hydrogen-bond acceptors (Lipinski definition) is 3. The molecular weight excluding hydrogens is 168 g/mol. The molecule has 1 N–H and O–H groups in total. The molecule has 72 valence electrons. The number of hydrogen-bond donors (Lipinski definition) is 1. The number of aliphatic hydroxyl groups is 1. The summed E-state index contributed by atoms with van der Waals surface area (Å²) in [5.41, 5.74) is 0. The van der Waals surface area contributed by atoms with E-state index in [1.54, 1.807) is 6.08 Å². The smallest absolute Gasteiger partial charge is 0.169 e. The molecule has 2 atom stereocenters. The summed E-state index contributed by atoms with van der Waals surface area (Å²) in [5.74, 6) is -0.802. The molecule has 0 spiro atoms. The maximum absolute atomic E-state index is 11.2. The standard InChI is InChI=1S/C10H14O3/c1-6(2)3-4-7-8(11)5-9(12)10(7)13/h3-4,6-7,10,13H,5H2,1-2H3/b4-3+. The Labute approximate surface area is 77.4 Å². The van der Waals surface area contributed by atoms with E-state index in [-0.39, 0.29) is 18.0 Å². The Morgan fingerprint density at radius 3 is 2.38 bits per heavy atom. The van der Waals surface area contributed by atoms with E-state index in [4.69, 9.17) is 0 Å². The van der Waals surface area contributed by atoms with E-state index >= 15 is 0 Å². The largest absolute Gasteiger partial charge is 0.384 e. The molecule has 0 bridgehead atoms. The average Bonchev–Trinajstić information content (AvgIpc) is 2.24. The Hall–Kier alpha value is -0.960. The molecule has 3 nitrogen and oxygen atoms in total. The van der Waals surface area contributed by atoms with Crippen LogP contribution in [0, 0.1) is 11.8 Å². The summed E-state index contributed by atoms with van der Waals surface area (Å²) in [6.45, 7) is 3.95. The molecule has 13 heavy (non-hydrogen) atoms. The molecular formula is C10H14O3. The predicted octanol–water partition coefficient (Wildman–Crippen LogP) is 0.718.